The summed E-state index contributed by atoms with van der Waals surface area (Å²) in [5, 5.41) is 0. The van der Waals surface area contributed by atoms with E-state index in [2.05, 4.69) is 29.2 Å². The Hall–Kier alpha value is -2.29. The topological polar surface area (TPSA) is 46.3 Å². The molecule has 2 N–H and O–H groups in total. The van der Waals surface area contributed by atoms with Gasteiger partial charge < -0.3 is 10.6 Å². The molecule has 0 radical (unpaired) electrons. The maximum absolute atomic E-state index is 13.0. The van der Waals surface area contributed by atoms with Gasteiger partial charge in [-0.05, 0) is 61.1 Å². The van der Waals surface area contributed by atoms with Crippen LogP contribution in [0.1, 0.15) is 46.7 Å². The second kappa shape index (κ2) is 5.73. The van der Waals surface area contributed by atoms with Crippen LogP contribution in [0.4, 0.5) is 5.69 Å². The number of carbonyl (C=O) groups is 1. The molecule has 2 aromatic carbocycles. The van der Waals surface area contributed by atoms with E-state index in [1.54, 1.807) is 0 Å². The molecule has 2 aliphatic rings. The van der Waals surface area contributed by atoms with Crippen LogP contribution in [0.5, 0.6) is 0 Å². The van der Waals surface area contributed by atoms with Gasteiger partial charge in [0.25, 0.3) is 5.91 Å². The van der Waals surface area contributed by atoms with Crippen LogP contribution in [0.25, 0.3) is 0 Å². The first-order valence-electron chi connectivity index (χ1n) is 8.48. The number of hydrogen-bond acceptors (Lipinski definition) is 2. The van der Waals surface area contributed by atoms with Crippen LogP contribution in [-0.2, 0) is 6.42 Å². The third-order valence-corrected chi connectivity index (χ3v) is 5.36. The monoisotopic (exact) mass is 306 g/mol. The number of aryl methyl sites for hydroxylation is 1. The van der Waals surface area contributed by atoms with Crippen molar-refractivity contribution >= 4 is 11.6 Å². The second-order valence-electron chi connectivity index (χ2n) is 6.67. The Balaban J connectivity index is 1.63. The van der Waals surface area contributed by atoms with E-state index in [0.29, 0.717) is 17.6 Å². The van der Waals surface area contributed by atoms with E-state index in [0.717, 1.165) is 31.4 Å². The number of nitrogens with zero attached hydrogens (tertiary/aromatic N) is 1. The van der Waals surface area contributed by atoms with E-state index in [9.17, 15) is 4.79 Å². The molecular weight excluding hydrogens is 284 g/mol. The minimum absolute atomic E-state index is 0.152. The quantitative estimate of drug-likeness (QED) is 0.818. The van der Waals surface area contributed by atoms with Crippen molar-refractivity contribution in [3.05, 3.63) is 65.2 Å². The molecule has 1 amide bonds. The lowest BCUT2D eigenvalue weighted by Gasteiger charge is -2.45. The van der Waals surface area contributed by atoms with Gasteiger partial charge in [0.2, 0.25) is 0 Å². The molecule has 1 fully saturated rings. The highest BCUT2D eigenvalue weighted by Gasteiger charge is 2.38. The number of benzene rings is 2. The lowest BCUT2D eigenvalue weighted by atomic mass is 9.74. The second-order valence-corrected chi connectivity index (χ2v) is 6.67. The van der Waals surface area contributed by atoms with Crippen LogP contribution in [0.15, 0.2) is 48.5 Å². The summed E-state index contributed by atoms with van der Waals surface area (Å²) in [5.41, 5.74) is 10.1. The van der Waals surface area contributed by atoms with Gasteiger partial charge >= 0.3 is 0 Å². The highest BCUT2D eigenvalue weighted by atomic mass is 16.2. The van der Waals surface area contributed by atoms with Gasteiger partial charge in [-0.2, -0.15) is 0 Å². The Morgan fingerprint density at radius 1 is 1.04 bits per heavy atom. The molecule has 3 heteroatoms. The van der Waals surface area contributed by atoms with Crippen molar-refractivity contribution in [3.8, 4) is 0 Å². The molecule has 0 aromatic heterocycles. The lowest BCUT2D eigenvalue weighted by molar-refractivity contribution is 0.0547. The minimum Gasteiger partial charge on any atom is -0.399 e. The first kappa shape index (κ1) is 14.3. The molecule has 3 nitrogen and oxygen atoms in total. The van der Waals surface area contributed by atoms with Crippen molar-refractivity contribution in [3.63, 3.8) is 0 Å². The Kier molecular flexibility index (Phi) is 3.56. The van der Waals surface area contributed by atoms with Crippen molar-refractivity contribution in [1.82, 2.24) is 4.90 Å². The average molecular weight is 306 g/mol. The predicted octanol–water partition coefficient (Wildman–Crippen LogP) is 3.60. The molecule has 0 saturated carbocycles. The summed E-state index contributed by atoms with van der Waals surface area (Å²) in [6.07, 6.45) is 4.41. The summed E-state index contributed by atoms with van der Waals surface area (Å²) in [4.78, 5) is 15.1. The molecule has 1 heterocycles. The van der Waals surface area contributed by atoms with Crippen molar-refractivity contribution in [2.24, 2.45) is 0 Å². The molecule has 23 heavy (non-hydrogen) atoms. The molecule has 1 aliphatic carbocycles. The highest BCUT2D eigenvalue weighted by Crippen LogP contribution is 2.41. The molecule has 2 atom stereocenters. The summed E-state index contributed by atoms with van der Waals surface area (Å²) >= 11 is 0. The Bertz CT molecular complexity index is 723. The Labute approximate surface area is 137 Å². The average Bonchev–Trinajstić information content (AvgIpc) is 2.61. The normalized spacial score (nSPS) is 23.0. The number of piperidine rings is 1. The van der Waals surface area contributed by atoms with Gasteiger partial charge in [0.1, 0.15) is 0 Å². The molecule has 118 valence electrons. The number of rotatable bonds is 1. The van der Waals surface area contributed by atoms with E-state index in [4.69, 9.17) is 5.73 Å². The Morgan fingerprint density at radius 2 is 1.83 bits per heavy atom. The van der Waals surface area contributed by atoms with Crippen LogP contribution in [-0.4, -0.2) is 23.4 Å². The summed E-state index contributed by atoms with van der Waals surface area (Å²) < 4.78 is 0. The van der Waals surface area contributed by atoms with E-state index < -0.39 is 0 Å². The van der Waals surface area contributed by atoms with Gasteiger partial charge in [-0.15, -0.1) is 0 Å². The molecular formula is C20H22N2O. The van der Waals surface area contributed by atoms with Gasteiger partial charge in [-0.3, -0.25) is 4.79 Å². The van der Waals surface area contributed by atoms with Crippen LogP contribution >= 0.6 is 0 Å². The standard InChI is InChI=1S/C20H22N2O/c21-16-10-7-15(8-11-16)20(23)22-13-3-6-18-17-5-2-1-4-14(17)9-12-19(18)22/h1-2,4-5,7-8,10-11,18-19H,3,6,9,12-13,21H2/t18-,19+/m1/s1. The van der Waals surface area contributed by atoms with Crippen LogP contribution in [0, 0.1) is 0 Å². The van der Waals surface area contributed by atoms with E-state index in [-0.39, 0.29) is 5.91 Å². The van der Waals surface area contributed by atoms with Gasteiger partial charge in [0.05, 0.1) is 0 Å². The van der Waals surface area contributed by atoms with Crippen LogP contribution in [0.2, 0.25) is 0 Å². The fourth-order valence-corrected chi connectivity index (χ4v) is 4.25. The zero-order chi connectivity index (χ0) is 15.8. The van der Waals surface area contributed by atoms with Gasteiger partial charge in [-0.1, -0.05) is 24.3 Å². The molecule has 1 saturated heterocycles. The smallest absolute Gasteiger partial charge is 0.254 e. The number of amides is 1. The number of likely N-dealkylation sites (tertiary alicyclic amines) is 1. The maximum Gasteiger partial charge on any atom is 0.254 e. The third kappa shape index (κ3) is 2.50. The van der Waals surface area contributed by atoms with Crippen LogP contribution < -0.4 is 5.73 Å². The zero-order valence-electron chi connectivity index (χ0n) is 13.2. The number of nitrogens with two attached hydrogens (primary N) is 1. The SMILES string of the molecule is Nc1ccc(C(=O)N2CCC[C@@H]3c4ccccc4CC[C@@H]32)cc1. The minimum atomic E-state index is 0.152. The summed E-state index contributed by atoms with van der Waals surface area (Å²) in [5.74, 6) is 0.644. The highest BCUT2D eigenvalue weighted by molar-refractivity contribution is 5.95. The van der Waals surface area contributed by atoms with Crippen molar-refractivity contribution in [1.29, 1.82) is 0 Å². The molecule has 0 bridgehead atoms. The lowest BCUT2D eigenvalue weighted by Crippen LogP contribution is -2.49. The summed E-state index contributed by atoms with van der Waals surface area (Å²) in [7, 11) is 0. The van der Waals surface area contributed by atoms with E-state index >= 15 is 0 Å². The van der Waals surface area contributed by atoms with Crippen molar-refractivity contribution in [2.45, 2.75) is 37.6 Å². The molecule has 2 aromatic rings. The van der Waals surface area contributed by atoms with E-state index in [1.807, 2.05) is 24.3 Å². The van der Waals surface area contributed by atoms with Crippen LogP contribution in [0.3, 0.4) is 0 Å². The van der Waals surface area contributed by atoms with Gasteiger partial charge in [0.15, 0.2) is 0 Å². The number of hydrogen-bond donors (Lipinski definition) is 1. The first-order valence-corrected chi connectivity index (χ1v) is 8.48. The molecule has 4 rings (SSSR count). The molecule has 1 aliphatic heterocycles. The number of nitrogen functional groups attached to an aromatic ring is 1. The molecule has 0 spiro atoms. The third-order valence-electron chi connectivity index (χ3n) is 5.36. The van der Waals surface area contributed by atoms with E-state index in [1.165, 1.54) is 17.5 Å². The largest absolute Gasteiger partial charge is 0.399 e. The maximum atomic E-state index is 13.0. The zero-order valence-corrected chi connectivity index (χ0v) is 13.2. The predicted molar refractivity (Wildman–Crippen MR) is 92.4 cm³/mol. The van der Waals surface area contributed by atoms with Gasteiger partial charge in [-0.25, -0.2) is 0 Å². The number of fused-ring (bicyclic) bond motifs is 3. The summed E-state index contributed by atoms with van der Waals surface area (Å²) in [6.45, 7) is 0.868. The van der Waals surface area contributed by atoms with Gasteiger partial charge in [0, 0.05) is 29.8 Å². The van der Waals surface area contributed by atoms with Crippen molar-refractivity contribution < 1.29 is 4.79 Å². The van der Waals surface area contributed by atoms with Crippen molar-refractivity contribution in [2.75, 3.05) is 12.3 Å². The fraction of sp³-hybridized carbons (Fsp3) is 0.350. The Morgan fingerprint density at radius 3 is 2.65 bits per heavy atom. The number of carbonyl (C=O) groups excluding carboxylic acids is 1. The fourth-order valence-electron chi connectivity index (χ4n) is 4.25. The first-order chi connectivity index (χ1) is 11.2. The summed E-state index contributed by atoms with van der Waals surface area (Å²) in [6, 6.07) is 16.4. The number of anilines is 1. The molecule has 0 unspecified atom stereocenters.